The molecule has 1 aliphatic rings. The fourth-order valence-electron chi connectivity index (χ4n) is 2.95. The first-order valence-corrected chi connectivity index (χ1v) is 6.75. The van der Waals surface area contributed by atoms with Gasteiger partial charge in [-0.05, 0) is 29.7 Å². The van der Waals surface area contributed by atoms with Crippen molar-refractivity contribution in [1.29, 1.82) is 5.26 Å². The van der Waals surface area contributed by atoms with E-state index in [-0.39, 0.29) is 6.04 Å². The van der Waals surface area contributed by atoms with Gasteiger partial charge in [0.25, 0.3) is 0 Å². The lowest BCUT2D eigenvalue weighted by atomic mass is 9.98. The third-order valence-electron chi connectivity index (χ3n) is 4.05. The zero-order valence-corrected chi connectivity index (χ0v) is 11.7. The number of nitriles is 1. The second kappa shape index (κ2) is 4.90. The van der Waals surface area contributed by atoms with E-state index in [0.29, 0.717) is 0 Å². The molecule has 20 heavy (non-hydrogen) atoms. The van der Waals surface area contributed by atoms with Crippen molar-refractivity contribution < 1.29 is 0 Å². The van der Waals surface area contributed by atoms with Gasteiger partial charge in [-0.25, -0.2) is 0 Å². The third-order valence-corrected chi connectivity index (χ3v) is 4.05. The highest BCUT2D eigenvalue weighted by Gasteiger charge is 2.26. The molecule has 0 N–H and O–H groups in total. The van der Waals surface area contributed by atoms with E-state index in [1.54, 1.807) is 4.90 Å². The highest BCUT2D eigenvalue weighted by molar-refractivity contribution is 5.71. The van der Waals surface area contributed by atoms with Gasteiger partial charge < -0.3 is 9.80 Å². The van der Waals surface area contributed by atoms with Crippen LogP contribution < -0.4 is 4.90 Å². The van der Waals surface area contributed by atoms with Gasteiger partial charge in [0.15, 0.2) is 6.19 Å². The van der Waals surface area contributed by atoms with Crippen LogP contribution >= 0.6 is 0 Å². The summed E-state index contributed by atoms with van der Waals surface area (Å²) >= 11 is 0. The minimum atomic E-state index is 0.0855. The van der Waals surface area contributed by atoms with E-state index in [2.05, 4.69) is 54.5 Å². The lowest BCUT2D eigenvalue weighted by Crippen LogP contribution is -2.21. The Bertz CT molecular complexity index is 672. The summed E-state index contributed by atoms with van der Waals surface area (Å²) in [4.78, 5) is 3.96. The standard InChI is InChI=1S/C17H17N3/c1-19(12-18)17-11-13-7-3-5-9-15(13)20(2)16-10-6-4-8-14(16)17/h3-10,17H,11H2,1-2H3. The van der Waals surface area contributed by atoms with E-state index in [4.69, 9.17) is 0 Å². The Kier molecular flexibility index (Phi) is 3.08. The molecule has 0 aliphatic carbocycles. The molecular formula is C17H17N3. The number of benzene rings is 2. The first kappa shape index (κ1) is 12.6. The second-order valence-electron chi connectivity index (χ2n) is 5.18. The van der Waals surface area contributed by atoms with Gasteiger partial charge in [0.2, 0.25) is 0 Å². The average molecular weight is 263 g/mol. The Balaban J connectivity index is 2.21. The molecule has 3 rings (SSSR count). The van der Waals surface area contributed by atoms with E-state index in [1.165, 1.54) is 22.5 Å². The molecule has 1 heterocycles. The number of likely N-dealkylation sites (N-methyl/N-ethyl adjacent to an activating group) is 1. The fourth-order valence-corrected chi connectivity index (χ4v) is 2.95. The van der Waals surface area contributed by atoms with Crippen molar-refractivity contribution in [3.05, 3.63) is 59.7 Å². The predicted molar refractivity (Wildman–Crippen MR) is 80.8 cm³/mol. The van der Waals surface area contributed by atoms with E-state index < -0.39 is 0 Å². The number of nitrogens with zero attached hydrogens (tertiary/aromatic N) is 3. The van der Waals surface area contributed by atoms with Gasteiger partial charge in [-0.3, -0.25) is 0 Å². The molecule has 1 atom stereocenters. The van der Waals surface area contributed by atoms with Gasteiger partial charge in [-0.1, -0.05) is 36.4 Å². The van der Waals surface area contributed by atoms with Gasteiger partial charge in [-0.2, -0.15) is 5.26 Å². The zero-order valence-electron chi connectivity index (χ0n) is 11.7. The number of rotatable bonds is 1. The molecule has 0 bridgehead atoms. The lowest BCUT2D eigenvalue weighted by molar-refractivity contribution is 0.351. The maximum Gasteiger partial charge on any atom is 0.179 e. The molecule has 0 radical (unpaired) electrons. The molecular weight excluding hydrogens is 246 g/mol. The highest BCUT2D eigenvalue weighted by atomic mass is 15.2. The topological polar surface area (TPSA) is 30.3 Å². The molecule has 0 fully saturated rings. The Morgan fingerprint density at radius 3 is 2.50 bits per heavy atom. The predicted octanol–water partition coefficient (Wildman–Crippen LogP) is 3.46. The van der Waals surface area contributed by atoms with Crippen molar-refractivity contribution in [2.75, 3.05) is 19.0 Å². The number of hydrogen-bond acceptors (Lipinski definition) is 3. The molecule has 0 spiro atoms. The number of hydrogen-bond donors (Lipinski definition) is 0. The molecule has 2 aromatic carbocycles. The van der Waals surface area contributed by atoms with Crippen LogP contribution in [0.2, 0.25) is 0 Å². The summed E-state index contributed by atoms with van der Waals surface area (Å²) in [5.41, 5.74) is 4.87. The van der Waals surface area contributed by atoms with E-state index in [0.717, 1.165) is 6.42 Å². The molecule has 0 aromatic heterocycles. The molecule has 2 aromatic rings. The minimum absolute atomic E-state index is 0.0855. The van der Waals surface area contributed by atoms with Gasteiger partial charge in [0.05, 0.1) is 6.04 Å². The van der Waals surface area contributed by atoms with Gasteiger partial charge in [0, 0.05) is 25.5 Å². The van der Waals surface area contributed by atoms with Crippen molar-refractivity contribution in [3.8, 4) is 6.19 Å². The summed E-state index contributed by atoms with van der Waals surface area (Å²) in [5.74, 6) is 0. The molecule has 0 saturated heterocycles. The van der Waals surface area contributed by atoms with Gasteiger partial charge >= 0.3 is 0 Å². The Morgan fingerprint density at radius 1 is 1.10 bits per heavy atom. The molecule has 3 heteroatoms. The maximum atomic E-state index is 9.28. The van der Waals surface area contributed by atoms with Crippen LogP contribution in [-0.2, 0) is 6.42 Å². The Hall–Kier alpha value is -2.47. The Labute approximate surface area is 119 Å². The third kappa shape index (κ3) is 1.90. The molecule has 100 valence electrons. The van der Waals surface area contributed by atoms with Crippen LogP contribution in [0.3, 0.4) is 0 Å². The first-order chi connectivity index (χ1) is 9.72. The number of anilines is 2. The SMILES string of the molecule is CN1c2ccccc2CC(N(C)C#N)c2ccccc21. The average Bonchev–Trinajstić information content (AvgIpc) is 2.63. The van der Waals surface area contributed by atoms with Crippen molar-refractivity contribution >= 4 is 11.4 Å². The normalized spacial score (nSPS) is 16.6. The van der Waals surface area contributed by atoms with Crippen molar-refractivity contribution in [2.24, 2.45) is 0 Å². The molecule has 1 unspecified atom stereocenters. The van der Waals surface area contributed by atoms with Crippen LogP contribution in [0, 0.1) is 11.5 Å². The van der Waals surface area contributed by atoms with Gasteiger partial charge in [0.1, 0.15) is 0 Å². The van der Waals surface area contributed by atoms with Crippen LogP contribution in [0.25, 0.3) is 0 Å². The summed E-state index contributed by atoms with van der Waals surface area (Å²) in [6.45, 7) is 0. The quantitative estimate of drug-likeness (QED) is 0.583. The van der Waals surface area contributed by atoms with Crippen LogP contribution in [-0.4, -0.2) is 19.0 Å². The second-order valence-corrected chi connectivity index (χ2v) is 5.18. The largest absolute Gasteiger partial charge is 0.344 e. The Morgan fingerprint density at radius 2 is 1.75 bits per heavy atom. The lowest BCUT2D eigenvalue weighted by Gasteiger charge is -2.25. The van der Waals surface area contributed by atoms with Crippen LogP contribution in [0.5, 0.6) is 0 Å². The summed E-state index contributed by atoms with van der Waals surface area (Å²) in [5, 5.41) is 9.28. The fraction of sp³-hybridized carbons (Fsp3) is 0.235. The summed E-state index contributed by atoms with van der Waals surface area (Å²) in [6.07, 6.45) is 3.11. The zero-order chi connectivity index (χ0) is 14.1. The molecule has 0 amide bonds. The van der Waals surface area contributed by atoms with E-state index in [1.807, 2.05) is 19.2 Å². The van der Waals surface area contributed by atoms with Crippen LogP contribution in [0.1, 0.15) is 17.2 Å². The molecule has 0 saturated carbocycles. The number of para-hydroxylation sites is 2. The van der Waals surface area contributed by atoms with Crippen molar-refractivity contribution in [1.82, 2.24) is 4.90 Å². The van der Waals surface area contributed by atoms with Crippen LogP contribution in [0.15, 0.2) is 48.5 Å². The first-order valence-electron chi connectivity index (χ1n) is 6.75. The molecule has 3 nitrogen and oxygen atoms in total. The minimum Gasteiger partial charge on any atom is -0.344 e. The van der Waals surface area contributed by atoms with E-state index in [9.17, 15) is 5.26 Å². The highest BCUT2D eigenvalue weighted by Crippen LogP contribution is 2.40. The van der Waals surface area contributed by atoms with Crippen molar-refractivity contribution in [3.63, 3.8) is 0 Å². The number of fused-ring (bicyclic) bond motifs is 2. The van der Waals surface area contributed by atoms with Crippen molar-refractivity contribution in [2.45, 2.75) is 12.5 Å². The maximum absolute atomic E-state index is 9.28. The van der Waals surface area contributed by atoms with Crippen LogP contribution in [0.4, 0.5) is 11.4 Å². The van der Waals surface area contributed by atoms with E-state index >= 15 is 0 Å². The summed E-state index contributed by atoms with van der Waals surface area (Å²) < 4.78 is 0. The molecule has 1 aliphatic heterocycles. The smallest absolute Gasteiger partial charge is 0.179 e. The monoisotopic (exact) mass is 263 g/mol. The summed E-state index contributed by atoms with van der Waals surface area (Å²) in [6, 6.07) is 16.8. The summed E-state index contributed by atoms with van der Waals surface area (Å²) in [7, 11) is 3.95. The van der Waals surface area contributed by atoms with Gasteiger partial charge in [-0.15, -0.1) is 0 Å².